The summed E-state index contributed by atoms with van der Waals surface area (Å²) in [7, 11) is 0. The van der Waals surface area contributed by atoms with Crippen LogP contribution in [0.15, 0.2) is 48.1 Å². The molecule has 0 bridgehead atoms. The van der Waals surface area contributed by atoms with Crippen molar-refractivity contribution in [1.82, 2.24) is 14.8 Å². The Balaban J connectivity index is 1.65. The lowest BCUT2D eigenvalue weighted by molar-refractivity contribution is 0.687. The number of aromatic nitrogens is 3. The molecule has 2 heterocycles. The van der Waals surface area contributed by atoms with E-state index in [1.54, 1.807) is 17.5 Å². The standard InChI is InChI=1S/C15H16N4S/c1-12-11-20-15(18-12)9-16-14-5-2-4-13(8-14)10-19-7-3-6-17-19/h2-8,11,16H,9-10H2,1H3. The highest BCUT2D eigenvalue weighted by Crippen LogP contribution is 2.15. The Kier molecular flexibility index (Phi) is 3.78. The van der Waals surface area contributed by atoms with Gasteiger partial charge in [-0.25, -0.2) is 4.98 Å². The Labute approximate surface area is 122 Å². The van der Waals surface area contributed by atoms with Crippen LogP contribution in [0.2, 0.25) is 0 Å². The van der Waals surface area contributed by atoms with E-state index in [9.17, 15) is 0 Å². The van der Waals surface area contributed by atoms with Gasteiger partial charge in [0.25, 0.3) is 0 Å². The van der Waals surface area contributed by atoms with Gasteiger partial charge in [-0.1, -0.05) is 12.1 Å². The second-order valence-electron chi connectivity index (χ2n) is 4.64. The largest absolute Gasteiger partial charge is 0.379 e. The van der Waals surface area contributed by atoms with Gasteiger partial charge in [0.2, 0.25) is 0 Å². The van der Waals surface area contributed by atoms with Gasteiger partial charge < -0.3 is 5.32 Å². The normalized spacial score (nSPS) is 10.7. The van der Waals surface area contributed by atoms with Gasteiger partial charge in [0.15, 0.2) is 0 Å². The maximum absolute atomic E-state index is 4.45. The third kappa shape index (κ3) is 3.24. The van der Waals surface area contributed by atoms with Crippen molar-refractivity contribution in [3.05, 3.63) is 64.4 Å². The summed E-state index contributed by atoms with van der Waals surface area (Å²) < 4.78 is 1.92. The van der Waals surface area contributed by atoms with E-state index in [0.29, 0.717) is 0 Å². The number of nitrogens with zero attached hydrogens (tertiary/aromatic N) is 3. The van der Waals surface area contributed by atoms with Crippen LogP contribution < -0.4 is 5.32 Å². The first kappa shape index (κ1) is 12.9. The predicted octanol–water partition coefficient (Wildman–Crippen LogP) is 3.31. The fraction of sp³-hybridized carbons (Fsp3) is 0.200. The summed E-state index contributed by atoms with van der Waals surface area (Å²) in [5.74, 6) is 0. The first-order valence-electron chi connectivity index (χ1n) is 6.51. The molecule has 0 saturated heterocycles. The molecular formula is C15H16N4S. The number of aryl methyl sites for hydroxylation is 1. The van der Waals surface area contributed by atoms with E-state index in [0.717, 1.165) is 29.5 Å². The number of anilines is 1. The van der Waals surface area contributed by atoms with Crippen LogP contribution in [0.1, 0.15) is 16.3 Å². The minimum absolute atomic E-state index is 0.768. The molecule has 0 radical (unpaired) electrons. The molecule has 0 saturated carbocycles. The van der Waals surface area contributed by atoms with Crippen LogP contribution in [0.4, 0.5) is 5.69 Å². The van der Waals surface area contributed by atoms with Crippen LogP contribution in [0.5, 0.6) is 0 Å². The number of benzene rings is 1. The molecule has 0 amide bonds. The van der Waals surface area contributed by atoms with E-state index in [-0.39, 0.29) is 0 Å². The van der Waals surface area contributed by atoms with Crippen molar-refractivity contribution in [2.45, 2.75) is 20.0 Å². The molecule has 20 heavy (non-hydrogen) atoms. The van der Waals surface area contributed by atoms with Gasteiger partial charge in [-0.3, -0.25) is 4.68 Å². The van der Waals surface area contributed by atoms with E-state index >= 15 is 0 Å². The summed E-state index contributed by atoms with van der Waals surface area (Å²) in [6.45, 7) is 3.58. The fourth-order valence-electron chi connectivity index (χ4n) is 2.02. The van der Waals surface area contributed by atoms with Crippen molar-refractivity contribution in [2.75, 3.05) is 5.32 Å². The lowest BCUT2D eigenvalue weighted by Crippen LogP contribution is -2.02. The lowest BCUT2D eigenvalue weighted by Gasteiger charge is -2.07. The zero-order valence-electron chi connectivity index (χ0n) is 11.3. The van der Waals surface area contributed by atoms with E-state index < -0.39 is 0 Å². The lowest BCUT2D eigenvalue weighted by atomic mass is 10.2. The molecule has 0 spiro atoms. The molecule has 4 nitrogen and oxygen atoms in total. The SMILES string of the molecule is Cc1csc(CNc2cccc(Cn3cccn3)c2)n1. The molecule has 0 aliphatic heterocycles. The van der Waals surface area contributed by atoms with Crippen LogP contribution in [0.25, 0.3) is 0 Å². The summed E-state index contributed by atoms with van der Waals surface area (Å²) in [5.41, 5.74) is 3.43. The number of rotatable bonds is 5. The molecule has 0 fully saturated rings. The number of nitrogens with one attached hydrogen (secondary N) is 1. The van der Waals surface area contributed by atoms with Crippen LogP contribution in [0, 0.1) is 6.92 Å². The molecule has 3 aromatic rings. The molecule has 0 aliphatic carbocycles. The average Bonchev–Trinajstić information content (AvgIpc) is 3.09. The highest BCUT2D eigenvalue weighted by molar-refractivity contribution is 7.09. The third-order valence-electron chi connectivity index (χ3n) is 2.94. The average molecular weight is 284 g/mol. The maximum atomic E-state index is 4.45. The second-order valence-corrected chi connectivity index (χ2v) is 5.58. The zero-order chi connectivity index (χ0) is 13.8. The van der Waals surface area contributed by atoms with Gasteiger partial charge in [-0.2, -0.15) is 5.10 Å². The van der Waals surface area contributed by atoms with Gasteiger partial charge in [-0.15, -0.1) is 11.3 Å². The number of hydrogen-bond donors (Lipinski definition) is 1. The number of thiazole rings is 1. The molecule has 0 aliphatic rings. The van der Waals surface area contributed by atoms with Gasteiger partial charge in [0.1, 0.15) is 5.01 Å². The summed E-state index contributed by atoms with van der Waals surface area (Å²) in [4.78, 5) is 4.45. The smallest absolute Gasteiger partial charge is 0.112 e. The quantitative estimate of drug-likeness (QED) is 0.781. The molecule has 5 heteroatoms. The van der Waals surface area contributed by atoms with Crippen LogP contribution in [0.3, 0.4) is 0 Å². The monoisotopic (exact) mass is 284 g/mol. The summed E-state index contributed by atoms with van der Waals surface area (Å²) in [6, 6.07) is 10.3. The highest BCUT2D eigenvalue weighted by atomic mass is 32.1. The number of hydrogen-bond acceptors (Lipinski definition) is 4. The molecule has 1 N–H and O–H groups in total. The van der Waals surface area contributed by atoms with Crippen LogP contribution >= 0.6 is 11.3 Å². The van der Waals surface area contributed by atoms with E-state index in [2.05, 4.69) is 45.0 Å². The van der Waals surface area contributed by atoms with Crippen molar-refractivity contribution >= 4 is 17.0 Å². The Morgan fingerprint density at radius 2 is 2.25 bits per heavy atom. The summed E-state index contributed by atoms with van der Waals surface area (Å²) in [6.07, 6.45) is 3.77. The maximum Gasteiger partial charge on any atom is 0.112 e. The van der Waals surface area contributed by atoms with Crippen molar-refractivity contribution in [2.24, 2.45) is 0 Å². The molecule has 2 aromatic heterocycles. The van der Waals surface area contributed by atoms with E-state index in [4.69, 9.17) is 0 Å². The highest BCUT2D eigenvalue weighted by Gasteiger charge is 2.00. The first-order valence-corrected chi connectivity index (χ1v) is 7.39. The third-order valence-corrected chi connectivity index (χ3v) is 3.91. The van der Waals surface area contributed by atoms with E-state index in [1.165, 1.54) is 5.56 Å². The molecule has 3 rings (SSSR count). The molecule has 0 atom stereocenters. The fourth-order valence-corrected chi connectivity index (χ4v) is 2.73. The molecule has 102 valence electrons. The Hall–Kier alpha value is -2.14. The zero-order valence-corrected chi connectivity index (χ0v) is 12.1. The second kappa shape index (κ2) is 5.88. The summed E-state index contributed by atoms with van der Waals surface area (Å²) >= 11 is 1.69. The van der Waals surface area contributed by atoms with Crippen molar-refractivity contribution in [3.63, 3.8) is 0 Å². The minimum Gasteiger partial charge on any atom is -0.379 e. The van der Waals surface area contributed by atoms with Crippen molar-refractivity contribution < 1.29 is 0 Å². The molecule has 1 aromatic carbocycles. The van der Waals surface area contributed by atoms with Gasteiger partial charge in [-0.05, 0) is 30.7 Å². The predicted molar refractivity (Wildman–Crippen MR) is 81.9 cm³/mol. The Bertz CT molecular complexity index is 673. The molecule has 0 unspecified atom stereocenters. The van der Waals surface area contributed by atoms with Crippen molar-refractivity contribution in [1.29, 1.82) is 0 Å². The van der Waals surface area contributed by atoms with Crippen LogP contribution in [-0.2, 0) is 13.1 Å². The minimum atomic E-state index is 0.768. The van der Waals surface area contributed by atoms with E-state index in [1.807, 2.05) is 23.9 Å². The van der Waals surface area contributed by atoms with Gasteiger partial charge in [0, 0.05) is 29.2 Å². The topological polar surface area (TPSA) is 42.7 Å². The first-order chi connectivity index (χ1) is 9.79. The van der Waals surface area contributed by atoms with Gasteiger partial charge >= 0.3 is 0 Å². The Morgan fingerprint density at radius 1 is 1.30 bits per heavy atom. The molecular weight excluding hydrogens is 268 g/mol. The Morgan fingerprint density at radius 3 is 3.00 bits per heavy atom. The van der Waals surface area contributed by atoms with Gasteiger partial charge in [0.05, 0.1) is 13.1 Å². The van der Waals surface area contributed by atoms with Crippen molar-refractivity contribution in [3.8, 4) is 0 Å². The summed E-state index contributed by atoms with van der Waals surface area (Å²) in [5, 5.41) is 10.8. The van der Waals surface area contributed by atoms with Crippen LogP contribution in [-0.4, -0.2) is 14.8 Å².